The summed E-state index contributed by atoms with van der Waals surface area (Å²) in [5.74, 6) is 0.174. The summed E-state index contributed by atoms with van der Waals surface area (Å²) >= 11 is 0. The zero-order chi connectivity index (χ0) is 15.0. The van der Waals surface area contributed by atoms with Crippen LogP contribution in [0.25, 0.3) is 0 Å². The maximum Gasteiger partial charge on any atom is 0.170 e. The van der Waals surface area contributed by atoms with Crippen LogP contribution in [-0.2, 0) is 0 Å². The SMILES string of the molecule is CC(C)N1CCCC2(CC1)CC(=O)c1cc(F)ccc1O2. The second kappa shape index (κ2) is 5.41. The van der Waals surface area contributed by atoms with Crippen molar-refractivity contribution < 1.29 is 13.9 Å². The fourth-order valence-corrected chi connectivity index (χ4v) is 3.45. The van der Waals surface area contributed by atoms with Gasteiger partial charge in [0.25, 0.3) is 0 Å². The summed E-state index contributed by atoms with van der Waals surface area (Å²) in [4.78, 5) is 14.8. The summed E-state index contributed by atoms with van der Waals surface area (Å²) in [6.45, 7) is 6.39. The molecule has 1 aromatic rings. The Morgan fingerprint density at radius 3 is 2.86 bits per heavy atom. The molecule has 0 bridgehead atoms. The van der Waals surface area contributed by atoms with Crippen LogP contribution in [0.1, 0.15) is 49.9 Å². The van der Waals surface area contributed by atoms with Crippen molar-refractivity contribution in [3.63, 3.8) is 0 Å². The van der Waals surface area contributed by atoms with Gasteiger partial charge in [-0.1, -0.05) is 0 Å². The normalized spacial score (nSPS) is 26.6. The van der Waals surface area contributed by atoms with Crippen LogP contribution in [0.15, 0.2) is 18.2 Å². The number of carbonyl (C=O) groups is 1. The third-order valence-electron chi connectivity index (χ3n) is 4.71. The van der Waals surface area contributed by atoms with Crippen molar-refractivity contribution >= 4 is 5.78 Å². The van der Waals surface area contributed by atoms with Gasteiger partial charge in [-0.2, -0.15) is 0 Å². The summed E-state index contributed by atoms with van der Waals surface area (Å²) < 4.78 is 19.5. The maximum atomic E-state index is 13.3. The number of rotatable bonds is 1. The van der Waals surface area contributed by atoms with E-state index in [1.807, 2.05) is 0 Å². The lowest BCUT2D eigenvalue weighted by Gasteiger charge is -2.37. The molecular formula is C17H22FNO2. The number of nitrogens with zero attached hydrogens (tertiary/aromatic N) is 1. The fraction of sp³-hybridized carbons (Fsp3) is 0.588. The predicted molar refractivity (Wildman–Crippen MR) is 79.3 cm³/mol. The van der Waals surface area contributed by atoms with Gasteiger partial charge in [0, 0.05) is 19.0 Å². The molecule has 0 aliphatic carbocycles. The Kier molecular flexibility index (Phi) is 3.74. The van der Waals surface area contributed by atoms with Crippen molar-refractivity contribution in [2.45, 2.75) is 51.2 Å². The van der Waals surface area contributed by atoms with Gasteiger partial charge in [-0.15, -0.1) is 0 Å². The molecule has 2 aliphatic heterocycles. The van der Waals surface area contributed by atoms with Crippen molar-refractivity contribution in [1.29, 1.82) is 0 Å². The summed E-state index contributed by atoms with van der Waals surface area (Å²) in [6, 6.07) is 4.76. The molecule has 21 heavy (non-hydrogen) atoms. The first-order chi connectivity index (χ1) is 9.99. The molecule has 2 heterocycles. The standard InChI is InChI=1S/C17H22FNO2/c1-12(2)19-8-3-6-17(7-9-19)11-15(20)14-10-13(18)4-5-16(14)21-17/h4-5,10,12H,3,6-9,11H2,1-2H3. The van der Waals surface area contributed by atoms with E-state index in [4.69, 9.17) is 4.74 Å². The lowest BCUT2D eigenvalue weighted by Crippen LogP contribution is -2.43. The van der Waals surface area contributed by atoms with E-state index in [1.54, 1.807) is 6.07 Å². The molecule has 1 unspecified atom stereocenters. The molecule has 1 aromatic carbocycles. The second-order valence-electron chi connectivity index (χ2n) is 6.51. The summed E-state index contributed by atoms with van der Waals surface area (Å²) in [5.41, 5.74) is -0.00321. The number of hydrogen-bond donors (Lipinski definition) is 0. The maximum absolute atomic E-state index is 13.3. The average molecular weight is 291 g/mol. The number of ketones is 1. The number of likely N-dealkylation sites (tertiary alicyclic amines) is 1. The van der Waals surface area contributed by atoms with Crippen molar-refractivity contribution in [2.24, 2.45) is 0 Å². The molecule has 0 aromatic heterocycles. The quantitative estimate of drug-likeness (QED) is 0.794. The minimum absolute atomic E-state index is 0.00810. The molecule has 3 rings (SSSR count). The largest absolute Gasteiger partial charge is 0.486 e. The highest BCUT2D eigenvalue weighted by Crippen LogP contribution is 2.39. The van der Waals surface area contributed by atoms with Crippen LogP contribution in [0, 0.1) is 5.82 Å². The third-order valence-corrected chi connectivity index (χ3v) is 4.71. The molecule has 114 valence electrons. The Balaban J connectivity index is 1.84. The molecule has 1 atom stereocenters. The molecule has 2 aliphatic rings. The average Bonchev–Trinajstić information content (AvgIpc) is 2.63. The molecule has 0 saturated carbocycles. The highest BCUT2D eigenvalue weighted by molar-refractivity contribution is 6.00. The third kappa shape index (κ3) is 2.82. The first-order valence-corrected chi connectivity index (χ1v) is 7.75. The van der Waals surface area contributed by atoms with Crippen molar-refractivity contribution in [3.05, 3.63) is 29.6 Å². The summed E-state index contributed by atoms with van der Waals surface area (Å²) in [6.07, 6.45) is 3.14. The second-order valence-corrected chi connectivity index (χ2v) is 6.51. The van der Waals surface area contributed by atoms with E-state index in [0.29, 0.717) is 23.8 Å². The zero-order valence-electron chi connectivity index (χ0n) is 12.7. The molecule has 1 saturated heterocycles. The van der Waals surface area contributed by atoms with Gasteiger partial charge in [0.2, 0.25) is 0 Å². The predicted octanol–water partition coefficient (Wildman–Crippen LogP) is 3.42. The minimum atomic E-state index is -0.397. The number of carbonyl (C=O) groups excluding carboxylic acids is 1. The van der Waals surface area contributed by atoms with Crippen molar-refractivity contribution in [2.75, 3.05) is 13.1 Å². The number of ether oxygens (including phenoxy) is 1. The van der Waals surface area contributed by atoms with Crippen LogP contribution in [0.2, 0.25) is 0 Å². The van der Waals surface area contributed by atoms with E-state index in [0.717, 1.165) is 32.4 Å². The number of fused-ring (bicyclic) bond motifs is 1. The van der Waals surface area contributed by atoms with Crippen LogP contribution in [0.5, 0.6) is 5.75 Å². The smallest absolute Gasteiger partial charge is 0.170 e. The van der Waals surface area contributed by atoms with Gasteiger partial charge in [-0.25, -0.2) is 4.39 Å². The minimum Gasteiger partial charge on any atom is -0.486 e. The van der Waals surface area contributed by atoms with E-state index in [2.05, 4.69) is 18.7 Å². The van der Waals surface area contributed by atoms with E-state index < -0.39 is 5.60 Å². The van der Waals surface area contributed by atoms with Crippen LogP contribution >= 0.6 is 0 Å². The lowest BCUT2D eigenvalue weighted by molar-refractivity contribution is 0.0293. The highest BCUT2D eigenvalue weighted by Gasteiger charge is 2.41. The topological polar surface area (TPSA) is 29.5 Å². The Labute approximate surface area is 125 Å². The van der Waals surface area contributed by atoms with Crippen LogP contribution in [0.4, 0.5) is 4.39 Å². The van der Waals surface area contributed by atoms with Crippen LogP contribution in [-0.4, -0.2) is 35.4 Å². The van der Waals surface area contributed by atoms with E-state index in [-0.39, 0.29) is 11.6 Å². The zero-order valence-corrected chi connectivity index (χ0v) is 12.7. The Morgan fingerprint density at radius 2 is 2.10 bits per heavy atom. The van der Waals surface area contributed by atoms with Crippen molar-refractivity contribution in [3.8, 4) is 5.75 Å². The Bertz CT molecular complexity index is 558. The van der Waals surface area contributed by atoms with E-state index in [9.17, 15) is 9.18 Å². The van der Waals surface area contributed by atoms with Gasteiger partial charge in [-0.3, -0.25) is 4.79 Å². The molecule has 1 spiro atoms. The van der Waals surface area contributed by atoms with Gasteiger partial charge < -0.3 is 9.64 Å². The molecule has 0 N–H and O–H groups in total. The molecular weight excluding hydrogens is 269 g/mol. The lowest BCUT2D eigenvalue weighted by atomic mass is 9.84. The molecule has 4 heteroatoms. The van der Waals surface area contributed by atoms with Crippen molar-refractivity contribution in [1.82, 2.24) is 4.90 Å². The van der Waals surface area contributed by atoms with E-state index >= 15 is 0 Å². The number of Topliss-reactive ketones (excluding diaryl/α,β-unsaturated/α-hetero) is 1. The van der Waals surface area contributed by atoms with Crippen LogP contribution < -0.4 is 4.74 Å². The first-order valence-electron chi connectivity index (χ1n) is 7.75. The molecule has 0 radical (unpaired) electrons. The number of halogens is 1. The molecule has 0 amide bonds. The monoisotopic (exact) mass is 291 g/mol. The highest BCUT2D eigenvalue weighted by atomic mass is 19.1. The van der Waals surface area contributed by atoms with Gasteiger partial charge in [0.1, 0.15) is 17.2 Å². The Hall–Kier alpha value is -1.42. The van der Waals surface area contributed by atoms with E-state index in [1.165, 1.54) is 12.1 Å². The van der Waals surface area contributed by atoms with Gasteiger partial charge in [0.15, 0.2) is 5.78 Å². The Morgan fingerprint density at radius 1 is 1.29 bits per heavy atom. The fourth-order valence-electron chi connectivity index (χ4n) is 3.45. The van der Waals surface area contributed by atoms with Gasteiger partial charge in [0.05, 0.1) is 12.0 Å². The number of benzene rings is 1. The summed E-state index contributed by atoms with van der Waals surface area (Å²) in [7, 11) is 0. The molecule has 1 fully saturated rings. The number of hydrogen-bond acceptors (Lipinski definition) is 3. The first kappa shape index (κ1) is 14.5. The van der Waals surface area contributed by atoms with Crippen LogP contribution in [0.3, 0.4) is 0 Å². The summed E-state index contributed by atoms with van der Waals surface area (Å²) in [5, 5.41) is 0. The van der Waals surface area contributed by atoms with Gasteiger partial charge in [-0.05, 0) is 51.4 Å². The van der Waals surface area contributed by atoms with Gasteiger partial charge >= 0.3 is 0 Å². The molecule has 3 nitrogen and oxygen atoms in total.